The van der Waals surface area contributed by atoms with Crippen molar-refractivity contribution in [1.29, 1.82) is 0 Å². The summed E-state index contributed by atoms with van der Waals surface area (Å²) in [5.74, 6) is -0.930. The lowest BCUT2D eigenvalue weighted by atomic mass is 10.0. The molecule has 9 rings (SSSR count). The molecule has 5 N–H and O–H groups in total. The van der Waals surface area contributed by atoms with E-state index in [9.17, 15) is 47.0 Å². The number of aliphatic hydroxyl groups excluding tert-OH is 1. The maximum atomic E-state index is 13.7. The number of benzene rings is 3. The largest absolute Gasteiger partial charge is 0.416 e. The molecule has 4 aliphatic rings. The minimum atomic E-state index is -4.60. The summed E-state index contributed by atoms with van der Waals surface area (Å²) in [5.41, 5.74) is 1.32. The van der Waals surface area contributed by atoms with Crippen molar-refractivity contribution in [1.82, 2.24) is 35.0 Å². The Balaban J connectivity index is 0.751. The van der Waals surface area contributed by atoms with Crippen LogP contribution in [0.1, 0.15) is 70.5 Å². The number of piperidine rings is 1. The second-order valence-corrected chi connectivity index (χ2v) is 18.3. The van der Waals surface area contributed by atoms with Gasteiger partial charge in [0.2, 0.25) is 11.8 Å². The lowest BCUT2D eigenvalue weighted by molar-refractivity contribution is -0.137. The quantitative estimate of drug-likeness (QED) is 0.115. The van der Waals surface area contributed by atoms with E-state index in [1.807, 2.05) is 9.80 Å². The van der Waals surface area contributed by atoms with E-state index in [1.54, 1.807) is 50.2 Å². The molecule has 3 fully saturated rings. The Labute approximate surface area is 402 Å². The number of aromatic nitrogens is 3. The van der Waals surface area contributed by atoms with Crippen molar-refractivity contribution in [3.8, 4) is 0 Å². The van der Waals surface area contributed by atoms with Crippen LogP contribution in [0, 0.1) is 13.8 Å². The number of alkyl halides is 3. The van der Waals surface area contributed by atoms with Gasteiger partial charge in [-0.15, -0.1) is 0 Å². The first-order valence-corrected chi connectivity index (χ1v) is 23.3. The zero-order valence-electron chi connectivity index (χ0n) is 37.9. The van der Waals surface area contributed by atoms with Crippen molar-refractivity contribution in [3.05, 3.63) is 111 Å². The number of thiazole rings is 1. The molecule has 2 atom stereocenters. The second-order valence-electron chi connectivity index (χ2n) is 17.3. The number of imide groups is 1. The van der Waals surface area contributed by atoms with Gasteiger partial charge in [-0.25, -0.2) is 15.0 Å². The van der Waals surface area contributed by atoms with Gasteiger partial charge in [-0.05, 0) is 68.3 Å². The molecule has 2 aromatic heterocycles. The van der Waals surface area contributed by atoms with Gasteiger partial charge in [0.05, 0.1) is 41.2 Å². The van der Waals surface area contributed by atoms with Gasteiger partial charge >= 0.3 is 6.18 Å². The summed E-state index contributed by atoms with van der Waals surface area (Å²) in [7, 11) is 0. The van der Waals surface area contributed by atoms with E-state index in [1.165, 1.54) is 18.3 Å². The van der Waals surface area contributed by atoms with E-state index in [4.69, 9.17) is 0 Å². The van der Waals surface area contributed by atoms with Crippen LogP contribution in [0.25, 0.3) is 0 Å². The number of fused-ring (bicyclic) bond motifs is 1. The van der Waals surface area contributed by atoms with Crippen LogP contribution >= 0.6 is 11.3 Å². The first-order valence-electron chi connectivity index (χ1n) is 22.5. The molecule has 364 valence electrons. The van der Waals surface area contributed by atoms with Gasteiger partial charge in [-0.1, -0.05) is 29.5 Å². The SMILES string of the molecule is Cc1nc(Nc2ncc(C(=O)Nc3cc(NC(=O)c4cccc(C(F)(F)F)c4)ccc3C)s2)cc(N2CCN(CC(=O)N3CCN(c4cccc5c4C(=O)N(C4CCC(=O)NC4O)C5=O)CC3)CC2)n1. The minimum absolute atomic E-state index is 0.0114. The highest BCUT2D eigenvalue weighted by molar-refractivity contribution is 7.17. The number of aliphatic hydroxyl groups is 1. The third kappa shape index (κ3) is 10.1. The predicted molar refractivity (Wildman–Crippen MR) is 252 cm³/mol. The molecule has 3 aromatic carbocycles. The number of rotatable bonds is 11. The monoisotopic (exact) mass is 980 g/mol. The molecular formula is C47H47F3N12O7S. The number of carbonyl (C=O) groups excluding carboxylic acids is 6. The van der Waals surface area contributed by atoms with Gasteiger partial charge < -0.3 is 41.1 Å². The Morgan fingerprint density at radius 3 is 2.33 bits per heavy atom. The molecule has 6 amide bonds. The number of nitrogens with zero attached hydrogens (tertiary/aromatic N) is 8. The van der Waals surface area contributed by atoms with Gasteiger partial charge in [-0.2, -0.15) is 13.2 Å². The molecule has 6 heterocycles. The second kappa shape index (κ2) is 19.5. The Morgan fingerprint density at radius 1 is 0.843 bits per heavy atom. The highest BCUT2D eigenvalue weighted by atomic mass is 32.1. The van der Waals surface area contributed by atoms with Gasteiger partial charge in [-0.3, -0.25) is 38.6 Å². The molecule has 0 bridgehead atoms. The fraction of sp³-hybridized carbons (Fsp3) is 0.340. The van der Waals surface area contributed by atoms with E-state index in [0.29, 0.717) is 91.9 Å². The molecule has 23 heteroatoms. The average molecular weight is 981 g/mol. The van der Waals surface area contributed by atoms with E-state index in [-0.39, 0.29) is 58.5 Å². The van der Waals surface area contributed by atoms with Gasteiger partial charge in [0.15, 0.2) is 5.13 Å². The lowest BCUT2D eigenvalue weighted by Crippen LogP contribution is -2.57. The molecule has 19 nitrogen and oxygen atoms in total. The molecule has 0 radical (unpaired) electrons. The molecular weight excluding hydrogens is 934 g/mol. The van der Waals surface area contributed by atoms with Crippen molar-refractivity contribution in [2.45, 2.75) is 45.1 Å². The molecule has 0 spiro atoms. The van der Waals surface area contributed by atoms with Crippen LogP contribution in [0.3, 0.4) is 0 Å². The smallest absolute Gasteiger partial charge is 0.372 e. The third-order valence-corrected chi connectivity index (χ3v) is 13.5. The number of hydrogen-bond acceptors (Lipinski definition) is 15. The number of piperazine rings is 2. The lowest BCUT2D eigenvalue weighted by Gasteiger charge is -2.39. The van der Waals surface area contributed by atoms with Crippen LogP contribution in [0.5, 0.6) is 0 Å². The summed E-state index contributed by atoms with van der Waals surface area (Å²) in [6, 6.07) is 14.9. The summed E-state index contributed by atoms with van der Waals surface area (Å²) < 4.78 is 39.6. The van der Waals surface area contributed by atoms with Gasteiger partial charge in [0.25, 0.3) is 23.6 Å². The van der Waals surface area contributed by atoms with Crippen LogP contribution in [-0.4, -0.2) is 141 Å². The van der Waals surface area contributed by atoms with Crippen LogP contribution in [0.15, 0.2) is 72.9 Å². The zero-order chi connectivity index (χ0) is 49.4. The van der Waals surface area contributed by atoms with Crippen molar-refractivity contribution in [2.75, 3.05) is 84.7 Å². The Morgan fingerprint density at radius 2 is 1.59 bits per heavy atom. The fourth-order valence-corrected chi connectivity index (χ4v) is 9.62. The van der Waals surface area contributed by atoms with E-state index in [2.05, 4.69) is 46.0 Å². The van der Waals surface area contributed by atoms with Gasteiger partial charge in [0.1, 0.15) is 28.6 Å². The first kappa shape index (κ1) is 47.6. The molecule has 5 aromatic rings. The molecule has 4 aliphatic heterocycles. The Bertz CT molecular complexity index is 2900. The first-order chi connectivity index (χ1) is 33.5. The number of amides is 6. The maximum Gasteiger partial charge on any atom is 0.416 e. The fourth-order valence-electron chi connectivity index (χ4n) is 8.90. The summed E-state index contributed by atoms with van der Waals surface area (Å²) in [6.45, 7) is 7.92. The van der Waals surface area contributed by atoms with E-state index >= 15 is 0 Å². The summed E-state index contributed by atoms with van der Waals surface area (Å²) in [5, 5.41) is 21.9. The summed E-state index contributed by atoms with van der Waals surface area (Å²) in [4.78, 5) is 101. The van der Waals surface area contributed by atoms with Crippen LogP contribution in [-0.2, 0) is 15.8 Å². The van der Waals surface area contributed by atoms with Gasteiger partial charge in [0, 0.05) is 81.8 Å². The average Bonchev–Trinajstić information content (AvgIpc) is 3.91. The standard InChI is InChI=1S/C47H47F3N12O7S/c1-26-9-10-30(54-41(65)28-5-3-6-29(21-28)47(48,49)50)22-32(26)55-43(67)35-24-51-46(70-35)56-36-23-37(53-27(2)52-36)60-15-13-58(14-16-60)25-39(64)61-19-17-59(18-20-61)33-8-4-7-31-40(33)45(69)62(44(31)68)34-11-12-38(63)57-42(34)66/h3-10,21-24,34,42,66H,11-20,25H2,1-2H3,(H,54,65)(H,55,67)(H,57,63)(H,51,52,53,56). The van der Waals surface area contributed by atoms with Crippen molar-refractivity contribution < 1.29 is 47.0 Å². The maximum absolute atomic E-state index is 13.7. The Hall–Kier alpha value is -7.50. The molecule has 0 saturated carbocycles. The summed E-state index contributed by atoms with van der Waals surface area (Å²) in [6.07, 6.45) is -4.28. The molecule has 0 aliphatic carbocycles. The number of hydrogen-bond donors (Lipinski definition) is 5. The van der Waals surface area contributed by atoms with E-state index in [0.717, 1.165) is 34.4 Å². The molecule has 2 unspecified atom stereocenters. The third-order valence-electron chi connectivity index (χ3n) is 12.6. The van der Waals surface area contributed by atoms with Crippen LogP contribution in [0.4, 0.5) is 47.0 Å². The van der Waals surface area contributed by atoms with Crippen molar-refractivity contribution in [2.24, 2.45) is 0 Å². The molecule has 70 heavy (non-hydrogen) atoms. The highest BCUT2D eigenvalue weighted by Crippen LogP contribution is 2.36. The normalized spacial score (nSPS) is 18.7. The Kier molecular flexibility index (Phi) is 13.2. The van der Waals surface area contributed by atoms with Crippen LogP contribution in [0.2, 0.25) is 0 Å². The number of anilines is 6. The number of carbonyl (C=O) groups is 6. The number of aryl methyl sites for hydroxylation is 2. The zero-order valence-corrected chi connectivity index (χ0v) is 38.7. The predicted octanol–water partition coefficient (Wildman–Crippen LogP) is 4.48. The number of halogens is 3. The van der Waals surface area contributed by atoms with Crippen molar-refractivity contribution in [3.63, 3.8) is 0 Å². The van der Waals surface area contributed by atoms with E-state index < -0.39 is 47.6 Å². The molecule has 3 saturated heterocycles. The number of nitrogens with one attached hydrogen (secondary N) is 4. The topological polar surface area (TPSA) is 226 Å². The highest BCUT2D eigenvalue weighted by Gasteiger charge is 2.46. The summed E-state index contributed by atoms with van der Waals surface area (Å²) >= 11 is 1.09. The van der Waals surface area contributed by atoms with Crippen molar-refractivity contribution >= 4 is 80.6 Å². The van der Waals surface area contributed by atoms with Crippen LogP contribution < -0.4 is 31.1 Å². The minimum Gasteiger partial charge on any atom is -0.372 e.